The van der Waals surface area contributed by atoms with Gasteiger partial charge in [-0.1, -0.05) is 38.5 Å². The van der Waals surface area contributed by atoms with E-state index in [9.17, 15) is 4.79 Å². The minimum atomic E-state index is 0.358. The van der Waals surface area contributed by atoms with E-state index in [1.165, 1.54) is 43.4 Å². The standard InChI is InChI=1S/C14H20OS/c1-11-8-13(10-16-11)14(15)9-12-6-4-2-3-5-7-12/h8,10,12H,2-7,9H2,1H3. The lowest BCUT2D eigenvalue weighted by atomic mass is 9.93. The molecule has 1 aliphatic carbocycles. The molecule has 0 unspecified atom stereocenters. The smallest absolute Gasteiger partial charge is 0.163 e. The third kappa shape index (κ3) is 3.18. The lowest BCUT2D eigenvalue weighted by Crippen LogP contribution is -2.07. The van der Waals surface area contributed by atoms with Gasteiger partial charge in [0.05, 0.1) is 0 Å². The molecule has 0 aliphatic heterocycles. The van der Waals surface area contributed by atoms with E-state index in [2.05, 4.69) is 6.92 Å². The molecule has 88 valence electrons. The third-order valence-electron chi connectivity index (χ3n) is 3.50. The van der Waals surface area contributed by atoms with Gasteiger partial charge in [0.15, 0.2) is 5.78 Å². The molecule has 2 heteroatoms. The van der Waals surface area contributed by atoms with Gasteiger partial charge in [-0.05, 0) is 18.9 Å². The van der Waals surface area contributed by atoms with Crippen molar-refractivity contribution < 1.29 is 4.79 Å². The first kappa shape index (κ1) is 11.8. The van der Waals surface area contributed by atoms with Crippen LogP contribution in [0.3, 0.4) is 0 Å². The van der Waals surface area contributed by atoms with Gasteiger partial charge < -0.3 is 0 Å². The molecule has 0 bridgehead atoms. The Balaban J connectivity index is 1.90. The Morgan fingerprint density at radius 3 is 2.56 bits per heavy atom. The van der Waals surface area contributed by atoms with Gasteiger partial charge in [0.2, 0.25) is 0 Å². The van der Waals surface area contributed by atoms with Crippen molar-refractivity contribution in [1.82, 2.24) is 0 Å². The summed E-state index contributed by atoms with van der Waals surface area (Å²) in [4.78, 5) is 13.3. The predicted octanol–water partition coefficient (Wildman–Crippen LogP) is 4.60. The normalized spacial score (nSPS) is 18.3. The number of hydrogen-bond donors (Lipinski definition) is 0. The number of carbonyl (C=O) groups is 1. The Kier molecular flexibility index (Phi) is 4.16. The second kappa shape index (κ2) is 5.62. The molecular weight excluding hydrogens is 216 g/mol. The number of ketones is 1. The van der Waals surface area contributed by atoms with Crippen molar-refractivity contribution >= 4 is 17.1 Å². The summed E-state index contributed by atoms with van der Waals surface area (Å²) in [7, 11) is 0. The molecule has 1 fully saturated rings. The van der Waals surface area contributed by atoms with Crippen molar-refractivity contribution in [2.24, 2.45) is 5.92 Å². The van der Waals surface area contributed by atoms with Gasteiger partial charge in [-0.25, -0.2) is 0 Å². The Hall–Kier alpha value is -0.630. The van der Waals surface area contributed by atoms with Crippen molar-refractivity contribution in [2.75, 3.05) is 0 Å². The van der Waals surface area contributed by atoms with Gasteiger partial charge in [-0.3, -0.25) is 4.79 Å². The maximum Gasteiger partial charge on any atom is 0.163 e. The van der Waals surface area contributed by atoms with Crippen molar-refractivity contribution in [3.8, 4) is 0 Å². The minimum Gasteiger partial charge on any atom is -0.294 e. The van der Waals surface area contributed by atoms with E-state index >= 15 is 0 Å². The van der Waals surface area contributed by atoms with Crippen LogP contribution in [0.5, 0.6) is 0 Å². The Morgan fingerprint density at radius 1 is 1.31 bits per heavy atom. The quantitative estimate of drug-likeness (QED) is 0.553. The molecule has 16 heavy (non-hydrogen) atoms. The van der Waals surface area contributed by atoms with Crippen LogP contribution in [0.15, 0.2) is 11.4 Å². The molecule has 1 nitrogen and oxygen atoms in total. The fraction of sp³-hybridized carbons (Fsp3) is 0.643. The summed E-state index contributed by atoms with van der Waals surface area (Å²) < 4.78 is 0. The molecule has 0 aromatic carbocycles. The SMILES string of the molecule is Cc1cc(C(=O)CC2CCCCCC2)cs1. The lowest BCUT2D eigenvalue weighted by molar-refractivity contribution is 0.0957. The van der Waals surface area contributed by atoms with E-state index < -0.39 is 0 Å². The first-order valence-corrected chi connectivity index (χ1v) is 7.22. The molecule has 0 amide bonds. The molecule has 0 radical (unpaired) electrons. The number of hydrogen-bond acceptors (Lipinski definition) is 2. The maximum absolute atomic E-state index is 12.0. The van der Waals surface area contributed by atoms with Crippen LogP contribution in [0.2, 0.25) is 0 Å². The minimum absolute atomic E-state index is 0.358. The average Bonchev–Trinajstić information content (AvgIpc) is 2.54. The summed E-state index contributed by atoms with van der Waals surface area (Å²) in [6.45, 7) is 2.06. The topological polar surface area (TPSA) is 17.1 Å². The van der Waals surface area contributed by atoms with Gasteiger partial charge in [0, 0.05) is 22.2 Å². The summed E-state index contributed by atoms with van der Waals surface area (Å²) in [6, 6.07) is 2.03. The van der Waals surface area contributed by atoms with Crippen LogP contribution >= 0.6 is 11.3 Å². The zero-order valence-corrected chi connectivity index (χ0v) is 10.8. The van der Waals surface area contributed by atoms with Crippen LogP contribution < -0.4 is 0 Å². The summed E-state index contributed by atoms with van der Waals surface area (Å²) in [5, 5.41) is 2.01. The van der Waals surface area contributed by atoms with Gasteiger partial charge >= 0.3 is 0 Å². The average molecular weight is 236 g/mol. The van der Waals surface area contributed by atoms with Gasteiger partial charge in [-0.15, -0.1) is 11.3 Å². The number of aryl methyl sites for hydroxylation is 1. The van der Waals surface area contributed by atoms with Crippen LogP contribution in [0, 0.1) is 12.8 Å². The predicted molar refractivity (Wildman–Crippen MR) is 69.2 cm³/mol. The summed E-state index contributed by atoms with van der Waals surface area (Å²) in [6.07, 6.45) is 8.66. The zero-order valence-electron chi connectivity index (χ0n) is 10.00. The van der Waals surface area contributed by atoms with Crippen LogP contribution in [0.25, 0.3) is 0 Å². The fourth-order valence-corrected chi connectivity index (χ4v) is 3.25. The summed E-state index contributed by atoms with van der Waals surface area (Å²) in [5.41, 5.74) is 0.937. The molecule has 0 atom stereocenters. The third-order valence-corrected chi connectivity index (χ3v) is 4.36. The van der Waals surface area contributed by atoms with E-state index in [1.807, 2.05) is 11.4 Å². The number of thiophene rings is 1. The highest BCUT2D eigenvalue weighted by atomic mass is 32.1. The highest BCUT2D eigenvalue weighted by molar-refractivity contribution is 7.10. The number of Topliss-reactive ketones (excluding diaryl/α,β-unsaturated/α-hetero) is 1. The Bertz CT molecular complexity index is 345. The summed E-state index contributed by atoms with van der Waals surface area (Å²) in [5.74, 6) is 1.01. The molecule has 2 rings (SSSR count). The number of carbonyl (C=O) groups excluding carboxylic acids is 1. The van der Waals surface area contributed by atoms with Gasteiger partial charge in [-0.2, -0.15) is 0 Å². The van der Waals surface area contributed by atoms with E-state index in [4.69, 9.17) is 0 Å². The lowest BCUT2D eigenvalue weighted by Gasteiger charge is -2.11. The van der Waals surface area contributed by atoms with Crippen molar-refractivity contribution in [2.45, 2.75) is 51.9 Å². The largest absolute Gasteiger partial charge is 0.294 e. The second-order valence-electron chi connectivity index (χ2n) is 4.93. The molecule has 0 N–H and O–H groups in total. The Labute approximate surface area is 102 Å². The van der Waals surface area contributed by atoms with Crippen molar-refractivity contribution in [1.29, 1.82) is 0 Å². The highest BCUT2D eigenvalue weighted by Crippen LogP contribution is 2.27. The van der Waals surface area contributed by atoms with Crippen molar-refractivity contribution in [3.63, 3.8) is 0 Å². The summed E-state index contributed by atoms with van der Waals surface area (Å²) >= 11 is 1.68. The first-order valence-electron chi connectivity index (χ1n) is 6.34. The molecule has 1 aromatic rings. The van der Waals surface area contributed by atoms with Crippen LogP contribution in [0.1, 0.15) is 60.2 Å². The van der Waals surface area contributed by atoms with E-state index in [-0.39, 0.29) is 0 Å². The first-order chi connectivity index (χ1) is 7.75. The monoisotopic (exact) mass is 236 g/mol. The van der Waals surface area contributed by atoms with E-state index in [0.29, 0.717) is 11.7 Å². The zero-order chi connectivity index (χ0) is 11.4. The van der Waals surface area contributed by atoms with Crippen LogP contribution in [-0.4, -0.2) is 5.78 Å². The molecule has 1 aromatic heterocycles. The molecule has 1 aliphatic rings. The van der Waals surface area contributed by atoms with Crippen molar-refractivity contribution in [3.05, 3.63) is 21.9 Å². The van der Waals surface area contributed by atoms with Gasteiger partial charge in [0.25, 0.3) is 0 Å². The van der Waals surface area contributed by atoms with Gasteiger partial charge in [0.1, 0.15) is 0 Å². The molecule has 0 saturated heterocycles. The maximum atomic E-state index is 12.0. The van der Waals surface area contributed by atoms with Crippen LogP contribution in [-0.2, 0) is 0 Å². The van der Waals surface area contributed by atoms with Crippen LogP contribution in [0.4, 0.5) is 0 Å². The van der Waals surface area contributed by atoms with E-state index in [1.54, 1.807) is 11.3 Å². The molecule has 0 spiro atoms. The fourth-order valence-electron chi connectivity index (χ4n) is 2.54. The highest BCUT2D eigenvalue weighted by Gasteiger charge is 2.17. The second-order valence-corrected chi connectivity index (χ2v) is 6.05. The molecule has 1 heterocycles. The Morgan fingerprint density at radius 2 is 2.00 bits per heavy atom. The van der Waals surface area contributed by atoms with E-state index in [0.717, 1.165) is 12.0 Å². The molecule has 1 saturated carbocycles. The molecular formula is C14H20OS. The number of rotatable bonds is 3.